The first-order valence-corrected chi connectivity index (χ1v) is 11.1. The van der Waals surface area contributed by atoms with E-state index in [4.69, 9.17) is 5.73 Å². The third-order valence-corrected chi connectivity index (χ3v) is 6.41. The van der Waals surface area contributed by atoms with Gasteiger partial charge in [-0.1, -0.05) is 13.8 Å². The second-order valence-electron chi connectivity index (χ2n) is 9.52. The highest BCUT2D eigenvalue weighted by Gasteiger charge is 2.54. The molecule has 0 bridgehead atoms. The van der Waals surface area contributed by atoms with Crippen LogP contribution in [0.5, 0.6) is 0 Å². The molecule has 5 amide bonds. The van der Waals surface area contributed by atoms with Gasteiger partial charge in [0, 0.05) is 20.1 Å². The SMILES string of the molecule is CC(C)CC(C(=O)N1C[C@@]2(CCCNC2=O)C[C@H]1C(N)=O)N(C)C(=O)C(C)NC(=O)C(F)(F)F. The number of likely N-dealkylation sites (tertiary alicyclic amines) is 1. The van der Waals surface area contributed by atoms with Crippen LogP contribution in [0.25, 0.3) is 0 Å². The number of rotatable bonds is 7. The summed E-state index contributed by atoms with van der Waals surface area (Å²) >= 11 is 0. The summed E-state index contributed by atoms with van der Waals surface area (Å²) in [6.45, 7) is 5.10. The molecule has 2 fully saturated rings. The Labute approximate surface area is 195 Å². The second-order valence-corrected chi connectivity index (χ2v) is 9.52. The van der Waals surface area contributed by atoms with Crippen molar-refractivity contribution in [3.8, 4) is 0 Å². The number of nitrogens with two attached hydrogens (primary N) is 1. The average Bonchev–Trinajstić information content (AvgIpc) is 3.12. The first-order valence-electron chi connectivity index (χ1n) is 11.1. The molecule has 0 aromatic carbocycles. The highest BCUT2D eigenvalue weighted by Crippen LogP contribution is 2.41. The summed E-state index contributed by atoms with van der Waals surface area (Å²) in [6.07, 6.45) is -3.83. The lowest BCUT2D eigenvalue weighted by atomic mass is 9.78. The van der Waals surface area contributed by atoms with Gasteiger partial charge in [0.05, 0.1) is 5.41 Å². The molecule has 34 heavy (non-hydrogen) atoms. The third kappa shape index (κ3) is 5.79. The van der Waals surface area contributed by atoms with Crippen molar-refractivity contribution < 1.29 is 37.1 Å². The molecule has 0 aromatic heterocycles. The Morgan fingerprint density at radius 2 is 1.88 bits per heavy atom. The van der Waals surface area contributed by atoms with E-state index in [-0.39, 0.29) is 31.2 Å². The highest BCUT2D eigenvalue weighted by atomic mass is 19.4. The number of nitrogens with zero attached hydrogens (tertiary/aromatic N) is 2. The molecule has 0 aliphatic carbocycles. The minimum absolute atomic E-state index is 0.0533. The molecule has 4 atom stereocenters. The molecular formula is C21H32F3N5O5. The van der Waals surface area contributed by atoms with Crippen LogP contribution < -0.4 is 16.4 Å². The molecule has 2 rings (SSSR count). The summed E-state index contributed by atoms with van der Waals surface area (Å²) in [5.74, 6) is -4.97. The fourth-order valence-corrected chi connectivity index (χ4v) is 4.60. The maximum Gasteiger partial charge on any atom is 0.471 e. The lowest BCUT2D eigenvalue weighted by molar-refractivity contribution is -0.175. The predicted octanol–water partition coefficient (Wildman–Crippen LogP) is -0.0909. The van der Waals surface area contributed by atoms with Crippen molar-refractivity contribution in [2.24, 2.45) is 17.1 Å². The molecule has 2 heterocycles. The van der Waals surface area contributed by atoms with E-state index in [0.717, 1.165) is 11.8 Å². The van der Waals surface area contributed by atoms with Gasteiger partial charge in [0.1, 0.15) is 18.1 Å². The summed E-state index contributed by atoms with van der Waals surface area (Å²) < 4.78 is 37.8. The van der Waals surface area contributed by atoms with Gasteiger partial charge in [-0.05, 0) is 38.5 Å². The van der Waals surface area contributed by atoms with Crippen LogP contribution in [0.15, 0.2) is 0 Å². The van der Waals surface area contributed by atoms with Crippen molar-refractivity contribution in [3.05, 3.63) is 0 Å². The van der Waals surface area contributed by atoms with Crippen molar-refractivity contribution in [2.75, 3.05) is 20.1 Å². The number of halogens is 3. The van der Waals surface area contributed by atoms with Crippen LogP contribution in [-0.2, 0) is 24.0 Å². The van der Waals surface area contributed by atoms with Gasteiger partial charge < -0.3 is 26.2 Å². The number of carbonyl (C=O) groups is 5. The van der Waals surface area contributed by atoms with Crippen LogP contribution >= 0.6 is 0 Å². The van der Waals surface area contributed by atoms with E-state index in [1.807, 2.05) is 0 Å². The molecule has 0 aromatic rings. The molecule has 192 valence electrons. The summed E-state index contributed by atoms with van der Waals surface area (Å²) in [4.78, 5) is 64.7. The minimum Gasteiger partial charge on any atom is -0.368 e. The zero-order valence-electron chi connectivity index (χ0n) is 19.7. The summed E-state index contributed by atoms with van der Waals surface area (Å²) in [6, 6.07) is -3.75. The van der Waals surface area contributed by atoms with E-state index in [1.54, 1.807) is 19.2 Å². The normalized spacial score (nSPS) is 24.5. The van der Waals surface area contributed by atoms with Gasteiger partial charge in [0.25, 0.3) is 0 Å². The molecule has 2 unspecified atom stereocenters. The van der Waals surface area contributed by atoms with Gasteiger partial charge in [-0.2, -0.15) is 13.2 Å². The van der Waals surface area contributed by atoms with Crippen molar-refractivity contribution in [3.63, 3.8) is 0 Å². The van der Waals surface area contributed by atoms with Gasteiger partial charge in [-0.15, -0.1) is 0 Å². The fourth-order valence-electron chi connectivity index (χ4n) is 4.60. The van der Waals surface area contributed by atoms with Crippen molar-refractivity contribution in [1.82, 2.24) is 20.4 Å². The zero-order valence-corrected chi connectivity index (χ0v) is 19.7. The maximum absolute atomic E-state index is 13.6. The predicted molar refractivity (Wildman–Crippen MR) is 114 cm³/mol. The largest absolute Gasteiger partial charge is 0.471 e. The lowest BCUT2D eigenvalue weighted by Crippen LogP contribution is -2.57. The number of nitrogens with one attached hydrogen (secondary N) is 2. The third-order valence-electron chi connectivity index (χ3n) is 6.41. The fraction of sp³-hybridized carbons (Fsp3) is 0.762. The zero-order chi connectivity index (χ0) is 26.0. The van der Waals surface area contributed by atoms with E-state index < -0.39 is 53.3 Å². The van der Waals surface area contributed by atoms with E-state index in [1.165, 1.54) is 11.9 Å². The number of hydrogen-bond acceptors (Lipinski definition) is 5. The number of hydrogen-bond donors (Lipinski definition) is 3. The van der Waals surface area contributed by atoms with E-state index in [0.29, 0.717) is 19.4 Å². The number of carbonyl (C=O) groups excluding carboxylic acids is 5. The Hall–Kier alpha value is -2.86. The Balaban J connectivity index is 2.29. The van der Waals surface area contributed by atoms with Crippen molar-refractivity contribution in [1.29, 1.82) is 0 Å². The molecule has 1 spiro atoms. The average molecular weight is 492 g/mol. The Bertz CT molecular complexity index is 849. The molecule has 2 aliphatic heterocycles. The maximum atomic E-state index is 13.6. The van der Waals surface area contributed by atoms with Crippen LogP contribution in [0.4, 0.5) is 13.2 Å². The lowest BCUT2D eigenvalue weighted by Gasteiger charge is -2.36. The van der Waals surface area contributed by atoms with Crippen molar-refractivity contribution >= 4 is 29.5 Å². The number of alkyl halides is 3. The van der Waals surface area contributed by atoms with Gasteiger partial charge in [-0.3, -0.25) is 24.0 Å². The van der Waals surface area contributed by atoms with E-state index in [2.05, 4.69) is 5.32 Å². The van der Waals surface area contributed by atoms with Gasteiger partial charge in [0.15, 0.2) is 0 Å². The minimum atomic E-state index is -5.17. The molecule has 10 nitrogen and oxygen atoms in total. The van der Waals surface area contributed by atoms with Gasteiger partial charge >= 0.3 is 12.1 Å². The Morgan fingerprint density at radius 1 is 1.26 bits per heavy atom. The molecular weight excluding hydrogens is 459 g/mol. The van der Waals surface area contributed by atoms with Crippen LogP contribution in [0, 0.1) is 11.3 Å². The number of amides is 5. The van der Waals surface area contributed by atoms with Gasteiger partial charge in [-0.25, -0.2) is 0 Å². The summed E-state index contributed by atoms with van der Waals surface area (Å²) in [5.41, 5.74) is 4.58. The Kier molecular flexibility index (Phi) is 8.20. The summed E-state index contributed by atoms with van der Waals surface area (Å²) in [5, 5.41) is 4.35. The molecule has 2 aliphatic rings. The quantitative estimate of drug-likeness (QED) is 0.456. The standard InChI is InChI=1S/C21H32F3N5O5/c1-11(2)8-13(28(4)16(31)12(3)27-19(34)21(22,23)24)17(32)29-10-20(9-14(29)15(25)30)6-5-7-26-18(20)33/h11-14H,5-10H2,1-4H3,(H2,25,30)(H,26,33)(H,27,34)/t12?,13?,14-,20+/m0/s1. The number of likely N-dealkylation sites (N-methyl/N-ethyl adjacent to an activating group) is 1. The van der Waals surface area contributed by atoms with Gasteiger partial charge in [0.2, 0.25) is 23.6 Å². The van der Waals surface area contributed by atoms with E-state index >= 15 is 0 Å². The summed E-state index contributed by atoms with van der Waals surface area (Å²) in [7, 11) is 1.25. The Morgan fingerprint density at radius 3 is 2.38 bits per heavy atom. The van der Waals surface area contributed by atoms with Crippen LogP contribution in [-0.4, -0.2) is 83.8 Å². The highest BCUT2D eigenvalue weighted by molar-refractivity contribution is 5.96. The van der Waals surface area contributed by atoms with Crippen LogP contribution in [0.2, 0.25) is 0 Å². The van der Waals surface area contributed by atoms with E-state index in [9.17, 15) is 37.1 Å². The molecule has 4 N–H and O–H groups in total. The van der Waals surface area contributed by atoms with Crippen LogP contribution in [0.1, 0.15) is 46.5 Å². The smallest absolute Gasteiger partial charge is 0.368 e. The van der Waals surface area contributed by atoms with Crippen LogP contribution in [0.3, 0.4) is 0 Å². The monoisotopic (exact) mass is 491 g/mol. The molecule has 2 saturated heterocycles. The van der Waals surface area contributed by atoms with Crippen molar-refractivity contribution in [2.45, 2.75) is 70.8 Å². The molecule has 0 saturated carbocycles. The second kappa shape index (κ2) is 10.2. The number of piperidine rings is 1. The number of primary amides is 1. The first kappa shape index (κ1) is 27.4. The topological polar surface area (TPSA) is 142 Å². The molecule has 13 heteroatoms. The molecule has 0 radical (unpaired) electrons. The first-order chi connectivity index (χ1) is 15.6.